The van der Waals surface area contributed by atoms with Gasteiger partial charge in [-0.1, -0.05) is 0 Å². The van der Waals surface area contributed by atoms with Gasteiger partial charge in [-0.2, -0.15) is 11.8 Å². The highest BCUT2D eigenvalue weighted by Crippen LogP contribution is 2.19. The van der Waals surface area contributed by atoms with Gasteiger partial charge in [0.25, 0.3) is 0 Å². The van der Waals surface area contributed by atoms with Crippen molar-refractivity contribution in [1.82, 2.24) is 15.5 Å². The molecular formula is C15H26N4O5S. The first-order chi connectivity index (χ1) is 11.8. The Morgan fingerprint density at radius 1 is 1.36 bits per heavy atom. The number of nitrogens with one attached hydrogen (secondary N) is 2. The summed E-state index contributed by atoms with van der Waals surface area (Å²) in [6.07, 6.45) is 3.67. The molecule has 9 nitrogen and oxygen atoms in total. The quantitative estimate of drug-likeness (QED) is 0.395. The first-order valence-corrected chi connectivity index (χ1v) is 9.52. The Balaban J connectivity index is 2.59. The van der Waals surface area contributed by atoms with E-state index in [1.807, 2.05) is 6.26 Å². The summed E-state index contributed by atoms with van der Waals surface area (Å²) in [5, 5.41) is 13.3. The third-order valence-electron chi connectivity index (χ3n) is 3.95. The van der Waals surface area contributed by atoms with Gasteiger partial charge < -0.3 is 26.4 Å². The smallest absolute Gasteiger partial charge is 0.322 e. The average molecular weight is 374 g/mol. The van der Waals surface area contributed by atoms with Gasteiger partial charge >= 0.3 is 5.97 Å². The predicted octanol–water partition coefficient (Wildman–Crippen LogP) is -1.24. The molecule has 3 amide bonds. The van der Waals surface area contributed by atoms with Crippen molar-refractivity contribution in [3.8, 4) is 0 Å². The molecule has 0 saturated carbocycles. The van der Waals surface area contributed by atoms with E-state index in [4.69, 9.17) is 10.8 Å². The van der Waals surface area contributed by atoms with Crippen LogP contribution in [0.4, 0.5) is 0 Å². The van der Waals surface area contributed by atoms with Gasteiger partial charge in [0, 0.05) is 6.54 Å². The van der Waals surface area contributed by atoms with Crippen LogP contribution in [0.25, 0.3) is 0 Å². The fraction of sp³-hybridized carbons (Fsp3) is 0.733. The highest BCUT2D eigenvalue weighted by Gasteiger charge is 2.36. The highest BCUT2D eigenvalue weighted by molar-refractivity contribution is 7.98. The summed E-state index contributed by atoms with van der Waals surface area (Å²) in [5.41, 5.74) is 5.91. The van der Waals surface area contributed by atoms with Crippen LogP contribution in [0.5, 0.6) is 0 Å². The third kappa shape index (κ3) is 6.54. The summed E-state index contributed by atoms with van der Waals surface area (Å²) < 4.78 is 0. The van der Waals surface area contributed by atoms with Crippen molar-refractivity contribution in [3.63, 3.8) is 0 Å². The number of hydrogen-bond acceptors (Lipinski definition) is 6. The van der Waals surface area contributed by atoms with Gasteiger partial charge in [0.2, 0.25) is 17.7 Å². The van der Waals surface area contributed by atoms with Crippen LogP contribution in [0.2, 0.25) is 0 Å². The van der Waals surface area contributed by atoms with Gasteiger partial charge in [0.05, 0.1) is 6.04 Å². The lowest BCUT2D eigenvalue weighted by atomic mass is 10.1. The fourth-order valence-electron chi connectivity index (χ4n) is 2.58. The van der Waals surface area contributed by atoms with E-state index in [9.17, 15) is 19.2 Å². The van der Waals surface area contributed by atoms with Crippen LogP contribution in [0.3, 0.4) is 0 Å². The Labute approximate surface area is 151 Å². The highest BCUT2D eigenvalue weighted by atomic mass is 32.2. The second-order valence-electron chi connectivity index (χ2n) is 5.92. The predicted molar refractivity (Wildman–Crippen MR) is 94.0 cm³/mol. The number of aliphatic carboxylic acids is 1. The van der Waals surface area contributed by atoms with Gasteiger partial charge in [-0.15, -0.1) is 0 Å². The molecule has 3 unspecified atom stereocenters. The average Bonchev–Trinajstić information content (AvgIpc) is 3.06. The molecular weight excluding hydrogens is 348 g/mol. The van der Waals surface area contributed by atoms with Crippen molar-refractivity contribution >= 4 is 35.5 Å². The van der Waals surface area contributed by atoms with Crippen LogP contribution in [-0.4, -0.2) is 76.9 Å². The van der Waals surface area contributed by atoms with Crippen molar-refractivity contribution in [3.05, 3.63) is 0 Å². The molecule has 0 aromatic rings. The molecule has 10 heteroatoms. The number of hydrogen-bond donors (Lipinski definition) is 4. The van der Waals surface area contributed by atoms with Crippen LogP contribution in [0.15, 0.2) is 0 Å². The molecule has 0 radical (unpaired) electrons. The number of thioether (sulfide) groups is 1. The number of amides is 3. The maximum atomic E-state index is 12.4. The monoisotopic (exact) mass is 374 g/mol. The van der Waals surface area contributed by atoms with E-state index < -0.39 is 42.5 Å². The Morgan fingerprint density at radius 2 is 2.04 bits per heavy atom. The van der Waals surface area contributed by atoms with Gasteiger partial charge in [-0.3, -0.25) is 19.2 Å². The SMILES string of the molecule is CSCCC(N)C(=O)N1CCCC1C(=O)NC(C)C(=O)NCC(=O)O. The minimum absolute atomic E-state index is 0.255. The summed E-state index contributed by atoms with van der Waals surface area (Å²) in [7, 11) is 0. The molecule has 142 valence electrons. The number of carbonyl (C=O) groups is 4. The summed E-state index contributed by atoms with van der Waals surface area (Å²) >= 11 is 1.60. The standard InChI is InChI=1S/C15H26N4O5S/c1-9(13(22)17-8-12(20)21)18-14(23)11-4-3-6-19(11)15(24)10(16)5-7-25-2/h9-11H,3-8,16H2,1-2H3,(H,17,22)(H,18,23)(H,20,21). The molecule has 3 atom stereocenters. The Bertz CT molecular complexity index is 516. The Kier molecular flexibility index (Phi) is 8.70. The number of nitrogens with two attached hydrogens (primary N) is 1. The van der Waals surface area contributed by atoms with Crippen LogP contribution in [0, 0.1) is 0 Å². The van der Waals surface area contributed by atoms with Gasteiger partial charge in [0.1, 0.15) is 18.6 Å². The van der Waals surface area contributed by atoms with E-state index in [1.165, 1.54) is 11.8 Å². The molecule has 0 aliphatic carbocycles. The largest absolute Gasteiger partial charge is 0.480 e. The molecule has 1 saturated heterocycles. The number of rotatable bonds is 9. The number of likely N-dealkylation sites (tertiary alicyclic amines) is 1. The lowest BCUT2D eigenvalue weighted by Gasteiger charge is -2.27. The molecule has 1 rings (SSSR count). The molecule has 1 aliphatic heterocycles. The van der Waals surface area contributed by atoms with E-state index in [0.717, 1.165) is 5.75 Å². The summed E-state index contributed by atoms with van der Waals surface area (Å²) in [4.78, 5) is 48.5. The first kappa shape index (κ1) is 21.2. The number of carboxylic acid groups (broad SMARTS) is 1. The van der Waals surface area contributed by atoms with Crippen molar-refractivity contribution < 1.29 is 24.3 Å². The van der Waals surface area contributed by atoms with Crippen molar-refractivity contribution in [1.29, 1.82) is 0 Å². The zero-order chi connectivity index (χ0) is 19.0. The lowest BCUT2D eigenvalue weighted by molar-refractivity contribution is -0.141. The van der Waals surface area contributed by atoms with E-state index in [2.05, 4.69) is 10.6 Å². The molecule has 1 aliphatic rings. The molecule has 0 bridgehead atoms. The Hall–Kier alpha value is -1.81. The molecule has 0 aromatic carbocycles. The van der Waals surface area contributed by atoms with E-state index >= 15 is 0 Å². The molecule has 1 fully saturated rings. The Morgan fingerprint density at radius 3 is 2.64 bits per heavy atom. The van der Waals surface area contributed by atoms with Gasteiger partial charge in [-0.05, 0) is 38.2 Å². The summed E-state index contributed by atoms with van der Waals surface area (Å²) in [6.45, 7) is 1.40. The molecule has 0 aromatic heterocycles. The van der Waals surface area contributed by atoms with Crippen LogP contribution < -0.4 is 16.4 Å². The maximum absolute atomic E-state index is 12.4. The lowest BCUT2D eigenvalue weighted by Crippen LogP contribution is -2.54. The first-order valence-electron chi connectivity index (χ1n) is 8.12. The third-order valence-corrected chi connectivity index (χ3v) is 4.60. The van der Waals surface area contributed by atoms with Crippen molar-refractivity contribution in [2.45, 2.75) is 44.3 Å². The second-order valence-corrected chi connectivity index (χ2v) is 6.91. The summed E-state index contributed by atoms with van der Waals surface area (Å²) in [5.74, 6) is -1.68. The van der Waals surface area contributed by atoms with E-state index in [1.54, 1.807) is 11.8 Å². The van der Waals surface area contributed by atoms with E-state index in [0.29, 0.717) is 25.8 Å². The minimum Gasteiger partial charge on any atom is -0.480 e. The van der Waals surface area contributed by atoms with E-state index in [-0.39, 0.29) is 5.91 Å². The molecule has 0 spiro atoms. The second kappa shape index (κ2) is 10.2. The normalized spacial score (nSPS) is 19.2. The number of nitrogens with zero attached hydrogens (tertiary/aromatic N) is 1. The zero-order valence-corrected chi connectivity index (χ0v) is 15.3. The van der Waals surface area contributed by atoms with Gasteiger partial charge in [0.15, 0.2) is 0 Å². The van der Waals surface area contributed by atoms with Crippen LogP contribution in [-0.2, 0) is 19.2 Å². The van der Waals surface area contributed by atoms with Gasteiger partial charge in [-0.25, -0.2) is 0 Å². The molecule has 5 N–H and O–H groups in total. The number of carbonyl (C=O) groups excluding carboxylic acids is 3. The topological polar surface area (TPSA) is 142 Å². The molecule has 25 heavy (non-hydrogen) atoms. The van der Waals surface area contributed by atoms with Crippen molar-refractivity contribution in [2.75, 3.05) is 25.1 Å². The van der Waals surface area contributed by atoms with Crippen LogP contribution >= 0.6 is 11.8 Å². The fourth-order valence-corrected chi connectivity index (χ4v) is 3.06. The summed E-state index contributed by atoms with van der Waals surface area (Å²) in [6, 6.07) is -2.19. The molecule has 1 heterocycles. The zero-order valence-electron chi connectivity index (χ0n) is 14.5. The number of carboxylic acids is 1. The van der Waals surface area contributed by atoms with Crippen LogP contribution in [0.1, 0.15) is 26.2 Å². The maximum Gasteiger partial charge on any atom is 0.322 e. The van der Waals surface area contributed by atoms with Crippen molar-refractivity contribution in [2.24, 2.45) is 5.73 Å². The minimum atomic E-state index is -1.17.